The zero-order chi connectivity index (χ0) is 15.9. The number of nitrogens with zero attached hydrogens (tertiary/aromatic N) is 2. The van der Waals surface area contributed by atoms with E-state index < -0.39 is 11.9 Å². The Labute approximate surface area is 124 Å². The van der Waals surface area contributed by atoms with Crippen LogP contribution in [0.15, 0.2) is 24.4 Å². The van der Waals surface area contributed by atoms with E-state index in [4.69, 9.17) is 0 Å². The summed E-state index contributed by atoms with van der Waals surface area (Å²) in [6, 6.07) is 4.84. The molecule has 2 heterocycles. The highest BCUT2D eigenvalue weighted by Gasteiger charge is 2.38. The lowest BCUT2D eigenvalue weighted by Gasteiger charge is -2.19. The Kier molecular flexibility index (Phi) is 3.42. The first-order chi connectivity index (χ1) is 10.4. The number of halogens is 3. The molecule has 0 spiro atoms. The van der Waals surface area contributed by atoms with Crippen LogP contribution in [0.2, 0.25) is 0 Å². The van der Waals surface area contributed by atoms with Crippen molar-refractivity contribution in [3.63, 3.8) is 0 Å². The number of amides is 1. The molecule has 3 rings (SSSR count). The second-order valence-electron chi connectivity index (χ2n) is 5.08. The number of benzene rings is 1. The minimum absolute atomic E-state index is 0.0286. The highest BCUT2D eigenvalue weighted by molar-refractivity contribution is 5.98. The number of rotatable bonds is 2. The predicted molar refractivity (Wildman–Crippen MR) is 74.4 cm³/mol. The van der Waals surface area contributed by atoms with Crippen molar-refractivity contribution in [3.8, 4) is 11.1 Å². The number of alkyl halides is 3. The van der Waals surface area contributed by atoms with Crippen molar-refractivity contribution >= 4 is 5.91 Å². The Morgan fingerprint density at radius 1 is 1.27 bits per heavy atom. The summed E-state index contributed by atoms with van der Waals surface area (Å²) in [6.07, 6.45) is -2.63. The molecule has 0 saturated carbocycles. The summed E-state index contributed by atoms with van der Waals surface area (Å²) in [4.78, 5) is 11.9. The highest BCUT2D eigenvalue weighted by Crippen LogP contribution is 2.38. The van der Waals surface area contributed by atoms with E-state index in [1.165, 1.54) is 10.9 Å². The maximum atomic E-state index is 13.2. The molecule has 7 heteroatoms. The van der Waals surface area contributed by atoms with Crippen molar-refractivity contribution in [1.29, 1.82) is 0 Å². The summed E-state index contributed by atoms with van der Waals surface area (Å²) >= 11 is 0. The average molecular weight is 309 g/mol. The van der Waals surface area contributed by atoms with Crippen LogP contribution in [0.25, 0.3) is 11.1 Å². The smallest absolute Gasteiger partial charge is 0.352 e. The van der Waals surface area contributed by atoms with E-state index in [-0.39, 0.29) is 11.5 Å². The van der Waals surface area contributed by atoms with Crippen molar-refractivity contribution in [1.82, 2.24) is 15.1 Å². The van der Waals surface area contributed by atoms with Gasteiger partial charge in [0.1, 0.15) is 0 Å². The van der Waals surface area contributed by atoms with Gasteiger partial charge in [0.05, 0.1) is 0 Å². The summed E-state index contributed by atoms with van der Waals surface area (Å²) < 4.78 is 41.0. The third kappa shape index (κ3) is 2.36. The van der Waals surface area contributed by atoms with Gasteiger partial charge in [0.15, 0.2) is 5.69 Å². The largest absolute Gasteiger partial charge is 0.435 e. The number of hydrogen-bond acceptors (Lipinski definition) is 2. The van der Waals surface area contributed by atoms with E-state index >= 15 is 0 Å². The molecule has 1 aromatic carbocycles. The van der Waals surface area contributed by atoms with Gasteiger partial charge in [-0.15, -0.1) is 0 Å². The van der Waals surface area contributed by atoms with Gasteiger partial charge in [0.25, 0.3) is 5.91 Å². The molecule has 0 unspecified atom stereocenters. The van der Waals surface area contributed by atoms with Crippen LogP contribution in [0.3, 0.4) is 0 Å². The Bertz CT molecular complexity index is 734. The molecule has 4 nitrogen and oxygen atoms in total. The van der Waals surface area contributed by atoms with E-state index in [0.29, 0.717) is 36.2 Å². The van der Waals surface area contributed by atoms with Crippen molar-refractivity contribution in [3.05, 3.63) is 41.2 Å². The average Bonchev–Trinajstić information content (AvgIpc) is 2.91. The van der Waals surface area contributed by atoms with Crippen LogP contribution in [-0.4, -0.2) is 22.2 Å². The number of aryl methyl sites for hydroxylation is 1. The summed E-state index contributed by atoms with van der Waals surface area (Å²) in [5.41, 5.74) is 0.627. The third-order valence-corrected chi connectivity index (χ3v) is 3.73. The van der Waals surface area contributed by atoms with Gasteiger partial charge in [-0.1, -0.05) is 12.1 Å². The summed E-state index contributed by atoms with van der Waals surface area (Å²) in [5.74, 6) is -0.250. The molecule has 0 fully saturated rings. The fraction of sp³-hybridized carbons (Fsp3) is 0.333. The molecule has 0 radical (unpaired) electrons. The first kappa shape index (κ1) is 14.6. The summed E-state index contributed by atoms with van der Waals surface area (Å²) in [7, 11) is 0. The minimum atomic E-state index is -4.53. The molecule has 1 amide bonds. The van der Waals surface area contributed by atoms with Gasteiger partial charge in [-0.25, -0.2) is 0 Å². The van der Waals surface area contributed by atoms with E-state index in [9.17, 15) is 18.0 Å². The molecule has 1 aromatic heterocycles. The van der Waals surface area contributed by atoms with Gasteiger partial charge in [0, 0.05) is 30.4 Å². The van der Waals surface area contributed by atoms with Crippen LogP contribution in [0.5, 0.6) is 0 Å². The van der Waals surface area contributed by atoms with E-state index in [2.05, 4.69) is 10.4 Å². The molecule has 22 heavy (non-hydrogen) atoms. The molecular weight excluding hydrogens is 295 g/mol. The van der Waals surface area contributed by atoms with Crippen LogP contribution >= 0.6 is 0 Å². The van der Waals surface area contributed by atoms with Crippen LogP contribution < -0.4 is 5.32 Å². The van der Waals surface area contributed by atoms with Crippen molar-refractivity contribution < 1.29 is 18.0 Å². The molecule has 2 aromatic rings. The quantitative estimate of drug-likeness (QED) is 0.927. The molecule has 0 saturated heterocycles. The molecule has 1 aliphatic rings. The van der Waals surface area contributed by atoms with Gasteiger partial charge in [-0.05, 0) is 30.5 Å². The Balaban J connectivity index is 2.22. The van der Waals surface area contributed by atoms with E-state index in [0.717, 1.165) is 0 Å². The van der Waals surface area contributed by atoms with Crippen LogP contribution in [0.4, 0.5) is 13.2 Å². The molecule has 0 bridgehead atoms. The molecule has 1 aliphatic heterocycles. The number of nitrogens with one attached hydrogen (secondary N) is 1. The normalized spacial score (nSPS) is 14.6. The lowest BCUT2D eigenvalue weighted by Crippen LogP contribution is -2.32. The Morgan fingerprint density at radius 3 is 2.68 bits per heavy atom. The lowest BCUT2D eigenvalue weighted by molar-refractivity contribution is -0.141. The summed E-state index contributed by atoms with van der Waals surface area (Å²) in [5, 5.41) is 6.33. The number of carbonyl (C=O) groups excluding carboxylic acids is 1. The zero-order valence-electron chi connectivity index (χ0n) is 11.9. The standard InChI is InChI=1S/C15H14F3N3O/c1-2-21-8-12(13(20-21)15(16,17)18)9-4-3-5-11-10(9)6-7-19-14(11)22/h3-5,8H,2,6-7H2,1H3,(H,19,22). The van der Waals surface area contributed by atoms with Crippen molar-refractivity contribution in [2.45, 2.75) is 26.1 Å². The Hall–Kier alpha value is -2.31. The predicted octanol–water partition coefficient (Wildman–Crippen LogP) is 2.87. The first-order valence-electron chi connectivity index (χ1n) is 6.97. The topological polar surface area (TPSA) is 46.9 Å². The SMILES string of the molecule is CCn1cc(-c2cccc3c2CCNC3=O)c(C(F)(F)F)n1. The Morgan fingerprint density at radius 2 is 2.00 bits per heavy atom. The van der Waals surface area contributed by atoms with Gasteiger partial charge < -0.3 is 5.32 Å². The van der Waals surface area contributed by atoms with Gasteiger partial charge in [-0.2, -0.15) is 18.3 Å². The maximum absolute atomic E-state index is 13.2. The van der Waals surface area contributed by atoms with Gasteiger partial charge in [0.2, 0.25) is 0 Å². The highest BCUT2D eigenvalue weighted by atomic mass is 19.4. The number of fused-ring (bicyclic) bond motifs is 1. The minimum Gasteiger partial charge on any atom is -0.352 e. The molecule has 0 atom stereocenters. The van der Waals surface area contributed by atoms with Crippen LogP contribution in [0.1, 0.15) is 28.5 Å². The van der Waals surface area contributed by atoms with Gasteiger partial charge >= 0.3 is 6.18 Å². The second-order valence-corrected chi connectivity index (χ2v) is 5.08. The van der Waals surface area contributed by atoms with Crippen LogP contribution in [-0.2, 0) is 19.1 Å². The number of aromatic nitrogens is 2. The number of hydrogen-bond donors (Lipinski definition) is 1. The molecule has 1 N–H and O–H groups in total. The molecule has 0 aliphatic carbocycles. The van der Waals surface area contributed by atoms with Crippen LogP contribution in [0, 0.1) is 0 Å². The fourth-order valence-electron chi connectivity index (χ4n) is 2.71. The van der Waals surface area contributed by atoms with E-state index in [1.54, 1.807) is 25.1 Å². The maximum Gasteiger partial charge on any atom is 0.435 e. The second kappa shape index (κ2) is 5.15. The monoisotopic (exact) mass is 309 g/mol. The van der Waals surface area contributed by atoms with E-state index in [1.807, 2.05) is 0 Å². The third-order valence-electron chi connectivity index (χ3n) is 3.73. The van der Waals surface area contributed by atoms with Gasteiger partial charge in [-0.3, -0.25) is 9.48 Å². The molecule has 116 valence electrons. The molecular formula is C15H14F3N3O. The fourth-order valence-corrected chi connectivity index (χ4v) is 2.71. The zero-order valence-corrected chi connectivity index (χ0v) is 11.9. The number of carbonyl (C=O) groups is 1. The summed E-state index contributed by atoms with van der Waals surface area (Å²) in [6.45, 7) is 2.50. The first-order valence-corrected chi connectivity index (χ1v) is 6.97. The lowest BCUT2D eigenvalue weighted by atomic mass is 9.91. The van der Waals surface area contributed by atoms with Crippen molar-refractivity contribution in [2.75, 3.05) is 6.54 Å². The van der Waals surface area contributed by atoms with Crippen molar-refractivity contribution in [2.24, 2.45) is 0 Å².